The highest BCUT2D eigenvalue weighted by molar-refractivity contribution is 8.23. The Morgan fingerprint density at radius 1 is 1.24 bits per heavy atom. The Balaban J connectivity index is 1.83. The Kier molecular flexibility index (Phi) is 6.05. The summed E-state index contributed by atoms with van der Waals surface area (Å²) in [6.45, 7) is 7.64. The zero-order valence-corrected chi connectivity index (χ0v) is 20.5. The van der Waals surface area contributed by atoms with E-state index in [9.17, 15) is 19.0 Å². The highest BCUT2D eigenvalue weighted by Crippen LogP contribution is 2.57. The van der Waals surface area contributed by atoms with Gasteiger partial charge in [0.05, 0.1) is 16.9 Å². The number of hydrogen-bond acceptors (Lipinski definition) is 7. The van der Waals surface area contributed by atoms with Crippen molar-refractivity contribution in [3.8, 4) is 0 Å². The molecule has 0 unspecified atom stereocenters. The fraction of sp³-hybridized carbons (Fsp3) is 0.320. The van der Waals surface area contributed by atoms with Gasteiger partial charge in [-0.1, -0.05) is 48.9 Å². The number of benzene rings is 2. The fourth-order valence-electron chi connectivity index (χ4n) is 4.44. The van der Waals surface area contributed by atoms with Crippen molar-refractivity contribution in [3.63, 3.8) is 0 Å². The van der Waals surface area contributed by atoms with Crippen molar-refractivity contribution in [3.05, 3.63) is 59.2 Å². The van der Waals surface area contributed by atoms with E-state index in [0.29, 0.717) is 29.3 Å². The number of nitrogens with one attached hydrogen (secondary N) is 3. The first-order valence-electron chi connectivity index (χ1n) is 11.1. The minimum Gasteiger partial charge on any atom is -0.506 e. The topological polar surface area (TPSA) is 138 Å². The number of ketones is 1. The molecule has 6 N–H and O–H groups in total. The van der Waals surface area contributed by atoms with Gasteiger partial charge in [-0.2, -0.15) is 0 Å². The van der Waals surface area contributed by atoms with Gasteiger partial charge in [0.25, 0.3) is 0 Å². The van der Waals surface area contributed by atoms with E-state index in [0.717, 1.165) is 12.0 Å². The highest BCUT2D eigenvalue weighted by atomic mass is 32.3. The maximum Gasteiger partial charge on any atom is 0.180 e. The van der Waals surface area contributed by atoms with Crippen molar-refractivity contribution >= 4 is 45.4 Å². The lowest BCUT2D eigenvalue weighted by Gasteiger charge is -2.39. The largest absolute Gasteiger partial charge is 0.506 e. The summed E-state index contributed by atoms with van der Waals surface area (Å²) in [7, 11) is -3.67. The van der Waals surface area contributed by atoms with Crippen LogP contribution < -0.4 is 10.6 Å². The number of amidine groups is 2. The molecular weight excluding hydrogens is 452 g/mol. The minimum atomic E-state index is -3.67. The van der Waals surface area contributed by atoms with Gasteiger partial charge >= 0.3 is 0 Å². The molecule has 0 saturated carbocycles. The van der Waals surface area contributed by atoms with Crippen molar-refractivity contribution in [2.45, 2.75) is 50.8 Å². The maximum absolute atomic E-state index is 13.9. The first-order valence-corrected chi connectivity index (χ1v) is 12.6. The van der Waals surface area contributed by atoms with E-state index < -0.39 is 16.2 Å². The van der Waals surface area contributed by atoms with E-state index in [1.54, 1.807) is 31.2 Å². The Bertz CT molecular complexity index is 1250. The van der Waals surface area contributed by atoms with E-state index in [-0.39, 0.29) is 33.7 Å². The highest BCUT2D eigenvalue weighted by Gasteiger charge is 2.46. The van der Waals surface area contributed by atoms with Crippen LogP contribution in [-0.4, -0.2) is 31.7 Å². The number of anilines is 2. The first-order chi connectivity index (χ1) is 15.9. The van der Waals surface area contributed by atoms with Crippen molar-refractivity contribution in [2.24, 2.45) is 10.3 Å². The molecule has 8 nitrogen and oxygen atoms in total. The molecule has 1 heterocycles. The van der Waals surface area contributed by atoms with Gasteiger partial charge in [0.1, 0.15) is 16.2 Å². The van der Waals surface area contributed by atoms with Gasteiger partial charge in [-0.25, -0.2) is 0 Å². The van der Waals surface area contributed by atoms with E-state index in [2.05, 4.69) is 28.9 Å². The molecule has 2 aliphatic rings. The smallest absolute Gasteiger partial charge is 0.180 e. The quantitative estimate of drug-likeness (QED) is 0.222. The Morgan fingerprint density at radius 3 is 2.62 bits per heavy atom. The molecule has 1 aliphatic carbocycles. The Morgan fingerprint density at radius 2 is 1.94 bits per heavy atom. The number of nitrogens with zero attached hydrogens (tertiary/aromatic N) is 1. The maximum atomic E-state index is 13.9. The molecule has 0 fully saturated rings. The van der Waals surface area contributed by atoms with Crippen LogP contribution in [-0.2, 0) is 10.2 Å². The van der Waals surface area contributed by atoms with Crippen molar-refractivity contribution in [2.75, 3.05) is 10.6 Å². The second kappa shape index (κ2) is 8.57. The van der Waals surface area contributed by atoms with Crippen molar-refractivity contribution in [1.29, 1.82) is 5.41 Å². The summed E-state index contributed by atoms with van der Waals surface area (Å²) >= 11 is 0. The summed E-state index contributed by atoms with van der Waals surface area (Å²) in [5.74, 6) is -0.0239. The number of carbonyl (C=O) groups excluding carboxylic acids is 1. The van der Waals surface area contributed by atoms with Crippen LogP contribution in [0.2, 0.25) is 0 Å². The minimum absolute atomic E-state index is 0.0480. The van der Waals surface area contributed by atoms with Crippen LogP contribution in [0.5, 0.6) is 0 Å². The predicted molar refractivity (Wildman–Crippen MR) is 138 cm³/mol. The van der Waals surface area contributed by atoms with E-state index in [4.69, 9.17) is 5.41 Å². The standard InChI is InChI=1S/C25H30N4O4S/c1-14(2)11-12-25(4)18-8-6-5-7-17(18)22(30)21(23(25)31)24-28-19-10-9-16(27-15(3)26)13-20(19)34(32,33)29-24/h5-10,13-14,30,32-33H,11-12H2,1-4H3,(H2,26,27)(H,28,29)/t25-/m1/s1. The molecule has 0 spiro atoms. The average molecular weight is 483 g/mol. The second-order valence-corrected chi connectivity index (χ2v) is 11.1. The zero-order chi connectivity index (χ0) is 24.8. The Labute approximate surface area is 200 Å². The fourth-order valence-corrected chi connectivity index (χ4v) is 5.63. The summed E-state index contributed by atoms with van der Waals surface area (Å²) in [6, 6.07) is 12.1. The molecule has 4 rings (SSSR count). The van der Waals surface area contributed by atoms with Gasteiger partial charge in [-0.15, -0.1) is 4.40 Å². The summed E-state index contributed by atoms with van der Waals surface area (Å²) in [5, 5.41) is 24.6. The van der Waals surface area contributed by atoms with Crippen LogP contribution in [0, 0.1) is 11.3 Å². The number of rotatable bonds is 5. The molecule has 0 radical (unpaired) electrons. The average Bonchev–Trinajstić information content (AvgIpc) is 2.76. The van der Waals surface area contributed by atoms with Gasteiger partial charge in [0.2, 0.25) is 0 Å². The van der Waals surface area contributed by atoms with Crippen LogP contribution in [0.1, 0.15) is 51.7 Å². The van der Waals surface area contributed by atoms with Gasteiger partial charge in [-0.3, -0.25) is 19.3 Å². The van der Waals surface area contributed by atoms with Crippen molar-refractivity contribution in [1.82, 2.24) is 0 Å². The SMILES string of the molecule is CC(=N)Nc1ccc2c(c1)S(O)(O)N=C(C1=C(O)c3ccccc3[C@@](C)(CCC(C)C)C1=O)N2. The molecule has 9 heteroatoms. The molecule has 2 aromatic rings. The summed E-state index contributed by atoms with van der Waals surface area (Å²) in [5.41, 5.74) is 1.23. The number of carbonyl (C=O) groups is 1. The third-order valence-electron chi connectivity index (χ3n) is 6.28. The van der Waals surface area contributed by atoms with Crippen LogP contribution >= 0.6 is 10.8 Å². The molecule has 0 bridgehead atoms. The van der Waals surface area contributed by atoms with Crippen LogP contribution in [0.3, 0.4) is 0 Å². The summed E-state index contributed by atoms with van der Waals surface area (Å²) < 4.78 is 25.9. The lowest BCUT2D eigenvalue weighted by atomic mass is 9.66. The molecule has 0 aromatic heterocycles. The number of fused-ring (bicyclic) bond motifs is 2. The van der Waals surface area contributed by atoms with E-state index in [1.807, 2.05) is 19.1 Å². The van der Waals surface area contributed by atoms with E-state index >= 15 is 0 Å². The van der Waals surface area contributed by atoms with Crippen LogP contribution in [0.4, 0.5) is 11.4 Å². The van der Waals surface area contributed by atoms with Gasteiger partial charge < -0.3 is 15.7 Å². The predicted octanol–water partition coefficient (Wildman–Crippen LogP) is 6.19. The molecule has 1 aliphatic heterocycles. The lowest BCUT2D eigenvalue weighted by Crippen LogP contribution is -2.42. The molecule has 0 saturated heterocycles. The molecular formula is C25H30N4O4S. The molecule has 1 atom stereocenters. The van der Waals surface area contributed by atoms with Gasteiger partial charge in [-0.05, 0) is 56.4 Å². The number of aliphatic hydroxyl groups excluding tert-OH is 1. The number of aliphatic hydroxyl groups is 1. The molecule has 0 amide bonds. The summed E-state index contributed by atoms with van der Waals surface area (Å²) in [4.78, 5) is 14.1. The normalized spacial score (nSPS) is 21.9. The van der Waals surface area contributed by atoms with Crippen molar-refractivity contribution < 1.29 is 19.0 Å². The van der Waals surface area contributed by atoms with Crippen LogP contribution in [0.25, 0.3) is 5.76 Å². The first kappa shape index (κ1) is 24.0. The van der Waals surface area contributed by atoms with Crippen LogP contribution in [0.15, 0.2) is 57.3 Å². The molecule has 2 aromatic carbocycles. The molecule has 180 valence electrons. The third-order valence-corrected chi connectivity index (χ3v) is 7.65. The second-order valence-electron chi connectivity index (χ2n) is 9.41. The lowest BCUT2D eigenvalue weighted by molar-refractivity contribution is -0.120. The summed E-state index contributed by atoms with van der Waals surface area (Å²) in [6.07, 6.45) is 1.39. The Hall–Kier alpha value is -3.14. The monoisotopic (exact) mass is 482 g/mol. The van der Waals surface area contributed by atoms with Gasteiger partial charge in [0, 0.05) is 11.3 Å². The van der Waals surface area contributed by atoms with E-state index in [1.165, 1.54) is 6.07 Å². The zero-order valence-electron chi connectivity index (χ0n) is 19.6. The number of Topliss-reactive ketones (excluding diaryl/α,β-unsaturated/α-hetero) is 1. The number of hydrogen-bond donors (Lipinski definition) is 6. The van der Waals surface area contributed by atoms with Gasteiger partial charge in [0.15, 0.2) is 11.6 Å². The molecule has 34 heavy (non-hydrogen) atoms. The third kappa shape index (κ3) is 4.11.